The monoisotopic (exact) mass is 226 g/mol. The van der Waals surface area contributed by atoms with Crippen LogP contribution in [0.2, 0.25) is 0 Å². The first-order chi connectivity index (χ1) is 7.40. The zero-order valence-corrected chi connectivity index (χ0v) is 10.7. The van der Waals surface area contributed by atoms with Crippen molar-refractivity contribution in [2.24, 2.45) is 0 Å². The Morgan fingerprint density at radius 1 is 1.31 bits per heavy atom. The second-order valence-electron chi connectivity index (χ2n) is 5.00. The lowest BCUT2D eigenvalue weighted by molar-refractivity contribution is -0.152. The van der Waals surface area contributed by atoms with E-state index in [2.05, 4.69) is 12.2 Å². The molecule has 0 bridgehead atoms. The van der Waals surface area contributed by atoms with E-state index in [-0.39, 0.29) is 17.9 Å². The summed E-state index contributed by atoms with van der Waals surface area (Å²) in [4.78, 5) is 25.5. The van der Waals surface area contributed by atoms with Crippen LogP contribution < -0.4 is 5.32 Å². The Balaban J connectivity index is 2.70. The average molecular weight is 226 g/mol. The van der Waals surface area contributed by atoms with Crippen LogP contribution in [-0.4, -0.2) is 34.8 Å². The Hall–Kier alpha value is -1.06. The van der Waals surface area contributed by atoms with E-state index in [4.69, 9.17) is 0 Å². The van der Waals surface area contributed by atoms with Crippen molar-refractivity contribution in [3.63, 3.8) is 0 Å². The molecule has 4 nitrogen and oxygen atoms in total. The third-order valence-electron chi connectivity index (χ3n) is 3.08. The van der Waals surface area contributed by atoms with Crippen molar-refractivity contribution in [3.8, 4) is 0 Å². The van der Waals surface area contributed by atoms with Crippen LogP contribution in [-0.2, 0) is 9.59 Å². The number of unbranched alkanes of at least 4 members (excludes halogenated alkanes) is 2. The second kappa shape index (κ2) is 4.85. The molecule has 0 radical (unpaired) electrons. The number of carbonyl (C=O) groups excluding carboxylic acids is 2. The van der Waals surface area contributed by atoms with Crippen LogP contribution in [0, 0.1) is 0 Å². The number of carbonyl (C=O) groups is 2. The molecule has 1 saturated heterocycles. The number of hydrogen-bond donors (Lipinski definition) is 1. The zero-order valence-electron chi connectivity index (χ0n) is 10.7. The number of piperazine rings is 1. The van der Waals surface area contributed by atoms with Gasteiger partial charge in [-0.2, -0.15) is 0 Å². The first kappa shape index (κ1) is 13.0. The zero-order chi connectivity index (χ0) is 12.3. The standard InChI is InChI=1S/C12H22N2O2/c1-5-6-7-8-14-9(2)10(15)13-12(3,4)11(14)16/h9H,5-8H2,1-4H3,(H,13,15). The molecule has 2 amide bonds. The third-order valence-corrected chi connectivity index (χ3v) is 3.08. The quantitative estimate of drug-likeness (QED) is 0.735. The summed E-state index contributed by atoms with van der Waals surface area (Å²) in [6, 6.07) is -0.336. The number of nitrogens with one attached hydrogen (secondary N) is 1. The van der Waals surface area contributed by atoms with Crippen molar-refractivity contribution in [3.05, 3.63) is 0 Å². The van der Waals surface area contributed by atoms with E-state index in [0.717, 1.165) is 19.3 Å². The first-order valence-electron chi connectivity index (χ1n) is 6.03. The van der Waals surface area contributed by atoms with Gasteiger partial charge in [0, 0.05) is 6.54 Å². The fourth-order valence-corrected chi connectivity index (χ4v) is 1.97. The van der Waals surface area contributed by atoms with Crippen LogP contribution >= 0.6 is 0 Å². The molecule has 1 unspecified atom stereocenters. The van der Waals surface area contributed by atoms with Crippen LogP contribution in [0.4, 0.5) is 0 Å². The highest BCUT2D eigenvalue weighted by molar-refractivity contribution is 5.99. The van der Waals surface area contributed by atoms with E-state index < -0.39 is 5.54 Å². The van der Waals surface area contributed by atoms with Crippen molar-refractivity contribution >= 4 is 11.8 Å². The molecular formula is C12H22N2O2. The van der Waals surface area contributed by atoms with Gasteiger partial charge in [-0.3, -0.25) is 9.59 Å². The Bertz CT molecular complexity index is 287. The smallest absolute Gasteiger partial charge is 0.248 e. The SMILES string of the molecule is CCCCCN1C(=O)C(C)(C)NC(=O)C1C. The van der Waals surface area contributed by atoms with E-state index in [0.29, 0.717) is 6.54 Å². The maximum atomic E-state index is 12.1. The van der Waals surface area contributed by atoms with E-state index in [9.17, 15) is 9.59 Å². The molecule has 1 heterocycles. The predicted octanol–water partition coefficient (Wildman–Crippen LogP) is 1.30. The summed E-state index contributed by atoms with van der Waals surface area (Å²) in [5, 5.41) is 2.75. The van der Waals surface area contributed by atoms with Gasteiger partial charge in [-0.15, -0.1) is 0 Å². The summed E-state index contributed by atoms with van der Waals surface area (Å²) < 4.78 is 0. The summed E-state index contributed by atoms with van der Waals surface area (Å²) in [5.41, 5.74) is -0.754. The molecule has 0 aromatic carbocycles. The largest absolute Gasteiger partial charge is 0.340 e. The van der Waals surface area contributed by atoms with Gasteiger partial charge in [0.2, 0.25) is 11.8 Å². The summed E-state index contributed by atoms with van der Waals surface area (Å²) in [7, 11) is 0. The Morgan fingerprint density at radius 2 is 1.94 bits per heavy atom. The Labute approximate surface area is 97.4 Å². The number of rotatable bonds is 4. The molecule has 16 heavy (non-hydrogen) atoms. The Morgan fingerprint density at radius 3 is 2.50 bits per heavy atom. The number of hydrogen-bond acceptors (Lipinski definition) is 2. The van der Waals surface area contributed by atoms with Crippen LogP contribution in [0.1, 0.15) is 47.0 Å². The molecule has 1 fully saturated rings. The highest BCUT2D eigenvalue weighted by Gasteiger charge is 2.42. The minimum atomic E-state index is -0.754. The van der Waals surface area contributed by atoms with Gasteiger partial charge >= 0.3 is 0 Å². The maximum Gasteiger partial charge on any atom is 0.248 e. The topological polar surface area (TPSA) is 49.4 Å². The maximum absolute atomic E-state index is 12.1. The van der Waals surface area contributed by atoms with Gasteiger partial charge in [0.25, 0.3) is 0 Å². The fourth-order valence-electron chi connectivity index (χ4n) is 1.97. The molecule has 1 aliphatic rings. The van der Waals surface area contributed by atoms with Gasteiger partial charge in [-0.25, -0.2) is 0 Å². The molecule has 1 rings (SSSR count). The summed E-state index contributed by atoms with van der Waals surface area (Å²) in [6.45, 7) is 8.11. The van der Waals surface area contributed by atoms with Crippen molar-refractivity contribution in [1.29, 1.82) is 0 Å². The highest BCUT2D eigenvalue weighted by atomic mass is 16.2. The third kappa shape index (κ3) is 2.54. The van der Waals surface area contributed by atoms with Gasteiger partial charge in [-0.1, -0.05) is 19.8 Å². The number of nitrogens with zero attached hydrogens (tertiary/aromatic N) is 1. The van der Waals surface area contributed by atoms with E-state index >= 15 is 0 Å². The van der Waals surface area contributed by atoms with E-state index in [1.54, 1.807) is 25.7 Å². The van der Waals surface area contributed by atoms with Gasteiger partial charge in [0.15, 0.2) is 0 Å². The molecule has 0 aromatic rings. The molecule has 92 valence electrons. The second-order valence-corrected chi connectivity index (χ2v) is 5.00. The van der Waals surface area contributed by atoms with Gasteiger partial charge in [0.05, 0.1) is 0 Å². The molecule has 4 heteroatoms. The molecule has 0 aromatic heterocycles. The molecule has 1 N–H and O–H groups in total. The average Bonchev–Trinajstić information content (AvgIpc) is 2.20. The molecule has 1 aliphatic heterocycles. The Kier molecular flexibility index (Phi) is 3.94. The van der Waals surface area contributed by atoms with Crippen molar-refractivity contribution < 1.29 is 9.59 Å². The first-order valence-corrected chi connectivity index (χ1v) is 6.03. The summed E-state index contributed by atoms with van der Waals surface area (Å²) in [6.07, 6.45) is 3.18. The fraction of sp³-hybridized carbons (Fsp3) is 0.833. The molecule has 0 saturated carbocycles. The normalized spacial score (nSPS) is 24.5. The lowest BCUT2D eigenvalue weighted by Gasteiger charge is -2.41. The molecule has 0 spiro atoms. The van der Waals surface area contributed by atoms with Crippen LogP contribution in [0.5, 0.6) is 0 Å². The van der Waals surface area contributed by atoms with Crippen LogP contribution in [0.15, 0.2) is 0 Å². The molecule has 1 atom stereocenters. The van der Waals surface area contributed by atoms with Crippen LogP contribution in [0.3, 0.4) is 0 Å². The summed E-state index contributed by atoms with van der Waals surface area (Å²) in [5.74, 6) is -0.0307. The molecule has 0 aliphatic carbocycles. The highest BCUT2D eigenvalue weighted by Crippen LogP contribution is 2.18. The van der Waals surface area contributed by atoms with Crippen LogP contribution in [0.25, 0.3) is 0 Å². The minimum Gasteiger partial charge on any atom is -0.340 e. The van der Waals surface area contributed by atoms with Gasteiger partial charge < -0.3 is 10.2 Å². The summed E-state index contributed by atoms with van der Waals surface area (Å²) >= 11 is 0. The van der Waals surface area contributed by atoms with Crippen molar-refractivity contribution in [1.82, 2.24) is 10.2 Å². The predicted molar refractivity (Wildman–Crippen MR) is 62.9 cm³/mol. The van der Waals surface area contributed by atoms with E-state index in [1.807, 2.05) is 0 Å². The van der Waals surface area contributed by atoms with Crippen molar-refractivity contribution in [2.75, 3.05) is 6.54 Å². The van der Waals surface area contributed by atoms with Crippen molar-refractivity contribution in [2.45, 2.75) is 58.5 Å². The lowest BCUT2D eigenvalue weighted by Crippen LogP contribution is -2.67. The minimum absolute atomic E-state index is 0.0238. The number of amides is 2. The lowest BCUT2D eigenvalue weighted by atomic mass is 9.97. The van der Waals surface area contributed by atoms with Gasteiger partial charge in [-0.05, 0) is 27.2 Å². The molecular weight excluding hydrogens is 204 g/mol. The van der Waals surface area contributed by atoms with E-state index in [1.165, 1.54) is 0 Å². The van der Waals surface area contributed by atoms with Gasteiger partial charge in [0.1, 0.15) is 11.6 Å².